The maximum Gasteiger partial charge on any atom is 0.311 e. The second-order valence-corrected chi connectivity index (χ2v) is 8.10. The topological polar surface area (TPSA) is 104 Å². The van der Waals surface area contributed by atoms with Gasteiger partial charge in [-0.1, -0.05) is 18.2 Å². The van der Waals surface area contributed by atoms with Crippen LogP contribution in [0.5, 0.6) is 5.75 Å². The van der Waals surface area contributed by atoms with E-state index in [9.17, 15) is 23.6 Å². The molecule has 1 saturated heterocycles. The monoisotopic (exact) mass is 377 g/mol. The highest BCUT2D eigenvalue weighted by molar-refractivity contribution is 7.90. The number of rotatable bonds is 4. The summed E-state index contributed by atoms with van der Waals surface area (Å²) < 4.78 is 23.8. The predicted molar refractivity (Wildman–Crippen MR) is 98.7 cm³/mol. The molecule has 2 aromatic carbocycles. The first-order valence-electron chi connectivity index (χ1n) is 8.04. The van der Waals surface area contributed by atoms with Crippen LogP contribution in [-0.4, -0.2) is 50.9 Å². The van der Waals surface area contributed by atoms with Crippen LogP contribution in [0, 0.1) is 10.1 Å². The van der Waals surface area contributed by atoms with Crippen LogP contribution in [0.4, 0.5) is 17.1 Å². The van der Waals surface area contributed by atoms with E-state index in [0.29, 0.717) is 37.6 Å². The number of nitro benzene ring substituents is 1. The first-order chi connectivity index (χ1) is 12.3. The molecule has 0 bridgehead atoms. The molecule has 0 aromatic heterocycles. The van der Waals surface area contributed by atoms with Crippen molar-refractivity contribution >= 4 is 26.9 Å². The smallest absolute Gasteiger partial charge is 0.311 e. The molecule has 0 aliphatic carbocycles. The van der Waals surface area contributed by atoms with Gasteiger partial charge in [-0.15, -0.1) is 0 Å². The Morgan fingerprint density at radius 3 is 2.04 bits per heavy atom. The fraction of sp³-hybridized carbons (Fsp3) is 0.294. The Hall–Kier alpha value is -2.81. The number of hydrogen-bond acceptors (Lipinski definition) is 7. The van der Waals surface area contributed by atoms with Gasteiger partial charge in [-0.25, -0.2) is 8.42 Å². The number of para-hydroxylation sites is 3. The molecule has 138 valence electrons. The van der Waals surface area contributed by atoms with E-state index >= 15 is 0 Å². The lowest BCUT2D eigenvalue weighted by Crippen LogP contribution is -2.46. The zero-order valence-corrected chi connectivity index (χ0v) is 15.0. The quantitative estimate of drug-likeness (QED) is 0.642. The van der Waals surface area contributed by atoms with Gasteiger partial charge in [0.2, 0.25) is 0 Å². The van der Waals surface area contributed by atoms with Crippen molar-refractivity contribution in [3.05, 3.63) is 52.6 Å². The van der Waals surface area contributed by atoms with Gasteiger partial charge >= 0.3 is 5.69 Å². The van der Waals surface area contributed by atoms with Gasteiger partial charge in [0.15, 0.2) is 9.84 Å². The molecule has 3 rings (SSSR count). The van der Waals surface area contributed by atoms with Crippen molar-refractivity contribution in [2.45, 2.75) is 4.90 Å². The average Bonchev–Trinajstić information content (AvgIpc) is 2.61. The summed E-state index contributed by atoms with van der Waals surface area (Å²) in [5.74, 6) is 0.186. The van der Waals surface area contributed by atoms with Crippen molar-refractivity contribution in [2.24, 2.45) is 0 Å². The second-order valence-electron chi connectivity index (χ2n) is 6.12. The highest BCUT2D eigenvalue weighted by atomic mass is 32.2. The van der Waals surface area contributed by atoms with E-state index in [1.165, 1.54) is 12.1 Å². The third-order valence-corrected chi connectivity index (χ3v) is 5.53. The molecule has 0 radical (unpaired) electrons. The summed E-state index contributed by atoms with van der Waals surface area (Å²) in [6.07, 6.45) is 0.967. The molecule has 0 amide bonds. The third kappa shape index (κ3) is 3.43. The standard InChI is InChI=1S/C17H19N3O5S/c1-26(24,25)16-8-4-6-14(17(16)20(22)23)19-11-9-18(10-12-19)13-5-2-3-7-15(13)21/h2-8,21H,9-12H2,1H3. The van der Waals surface area contributed by atoms with Gasteiger partial charge in [0.05, 0.1) is 10.6 Å². The van der Waals surface area contributed by atoms with Gasteiger partial charge in [0, 0.05) is 32.4 Å². The summed E-state index contributed by atoms with van der Waals surface area (Å²) in [5.41, 5.74) is 0.632. The van der Waals surface area contributed by atoms with Crippen molar-refractivity contribution in [1.29, 1.82) is 0 Å². The molecule has 8 nitrogen and oxygen atoms in total. The maximum atomic E-state index is 11.9. The highest BCUT2D eigenvalue weighted by Gasteiger charge is 2.30. The minimum absolute atomic E-state index is 0.186. The van der Waals surface area contributed by atoms with Crippen molar-refractivity contribution < 1.29 is 18.4 Å². The van der Waals surface area contributed by atoms with Crippen LogP contribution in [0.2, 0.25) is 0 Å². The third-order valence-electron chi connectivity index (χ3n) is 4.40. The van der Waals surface area contributed by atoms with Crippen molar-refractivity contribution in [1.82, 2.24) is 0 Å². The fourth-order valence-electron chi connectivity index (χ4n) is 3.17. The van der Waals surface area contributed by atoms with Crippen LogP contribution in [0.1, 0.15) is 0 Å². The summed E-state index contributed by atoms with van der Waals surface area (Å²) in [4.78, 5) is 14.4. The molecule has 0 unspecified atom stereocenters. The zero-order valence-electron chi connectivity index (χ0n) is 14.2. The normalized spacial score (nSPS) is 15.1. The van der Waals surface area contributed by atoms with E-state index in [2.05, 4.69) is 0 Å². The lowest BCUT2D eigenvalue weighted by molar-refractivity contribution is -0.387. The Morgan fingerprint density at radius 2 is 1.50 bits per heavy atom. The van der Waals surface area contributed by atoms with Gasteiger partial charge in [-0.3, -0.25) is 10.1 Å². The number of phenolic OH excluding ortho intramolecular Hbond substituents is 1. The number of nitro groups is 1. The lowest BCUT2D eigenvalue weighted by atomic mass is 10.2. The second kappa shape index (κ2) is 6.83. The molecular weight excluding hydrogens is 358 g/mol. The minimum Gasteiger partial charge on any atom is -0.506 e. The fourth-order valence-corrected chi connectivity index (χ4v) is 4.02. The number of sulfone groups is 1. The molecule has 9 heteroatoms. The average molecular weight is 377 g/mol. The van der Waals surface area contributed by atoms with Crippen LogP contribution in [0.25, 0.3) is 0 Å². The number of phenols is 1. The number of anilines is 2. The summed E-state index contributed by atoms with van der Waals surface area (Å²) in [5, 5.41) is 21.5. The molecule has 1 N–H and O–H groups in total. The Morgan fingerprint density at radius 1 is 0.962 bits per heavy atom. The van der Waals surface area contributed by atoms with Gasteiger partial charge in [-0.05, 0) is 24.3 Å². The maximum absolute atomic E-state index is 11.9. The van der Waals surface area contributed by atoms with E-state index < -0.39 is 14.8 Å². The number of hydrogen-bond donors (Lipinski definition) is 1. The molecule has 2 aromatic rings. The summed E-state index contributed by atoms with van der Waals surface area (Å²) in [6.45, 7) is 2.06. The SMILES string of the molecule is CS(=O)(=O)c1cccc(N2CCN(c3ccccc3O)CC2)c1[N+](=O)[O-]. The van der Waals surface area contributed by atoms with Crippen molar-refractivity contribution in [3.63, 3.8) is 0 Å². The number of aromatic hydroxyl groups is 1. The van der Waals surface area contributed by atoms with E-state index in [1.807, 2.05) is 21.9 Å². The Kier molecular flexibility index (Phi) is 4.73. The van der Waals surface area contributed by atoms with Crippen LogP contribution in [0.3, 0.4) is 0 Å². The molecule has 1 fully saturated rings. The number of piperazine rings is 1. The molecule has 0 saturated carbocycles. The molecule has 1 aliphatic heterocycles. The van der Waals surface area contributed by atoms with Crippen LogP contribution >= 0.6 is 0 Å². The van der Waals surface area contributed by atoms with E-state index in [1.54, 1.807) is 18.2 Å². The van der Waals surface area contributed by atoms with Crippen LogP contribution < -0.4 is 9.80 Å². The number of nitrogens with zero attached hydrogens (tertiary/aromatic N) is 3. The predicted octanol–water partition coefficient (Wildman–Crippen LogP) is 2.03. The molecule has 1 aliphatic rings. The highest BCUT2D eigenvalue weighted by Crippen LogP contribution is 2.36. The van der Waals surface area contributed by atoms with Gasteiger partial charge in [-0.2, -0.15) is 0 Å². The van der Waals surface area contributed by atoms with E-state index in [4.69, 9.17) is 0 Å². The summed E-state index contributed by atoms with van der Waals surface area (Å²) >= 11 is 0. The molecule has 0 spiro atoms. The van der Waals surface area contributed by atoms with Gasteiger partial charge in [0.25, 0.3) is 0 Å². The van der Waals surface area contributed by atoms with Crippen molar-refractivity contribution in [3.8, 4) is 5.75 Å². The van der Waals surface area contributed by atoms with E-state index in [-0.39, 0.29) is 16.3 Å². The zero-order chi connectivity index (χ0) is 18.9. The summed E-state index contributed by atoms with van der Waals surface area (Å²) in [6, 6.07) is 11.4. The first kappa shape index (κ1) is 18.0. The molecule has 1 heterocycles. The summed E-state index contributed by atoms with van der Waals surface area (Å²) in [7, 11) is -3.71. The lowest BCUT2D eigenvalue weighted by Gasteiger charge is -2.37. The van der Waals surface area contributed by atoms with Crippen molar-refractivity contribution in [2.75, 3.05) is 42.2 Å². The molecule has 26 heavy (non-hydrogen) atoms. The first-order valence-corrected chi connectivity index (χ1v) is 9.93. The van der Waals surface area contributed by atoms with Gasteiger partial charge < -0.3 is 14.9 Å². The molecule has 0 atom stereocenters. The molecular formula is C17H19N3O5S. The van der Waals surface area contributed by atoms with Gasteiger partial charge in [0.1, 0.15) is 16.3 Å². The van der Waals surface area contributed by atoms with E-state index in [0.717, 1.165) is 6.26 Å². The minimum atomic E-state index is -3.71. The Balaban J connectivity index is 1.88. The number of benzene rings is 2. The van der Waals surface area contributed by atoms with Crippen LogP contribution in [0.15, 0.2) is 47.4 Å². The Bertz CT molecular complexity index is 937. The van der Waals surface area contributed by atoms with Crippen LogP contribution in [-0.2, 0) is 9.84 Å². The Labute approximate surface area is 151 Å². The largest absolute Gasteiger partial charge is 0.506 e.